The van der Waals surface area contributed by atoms with Gasteiger partial charge in [0.05, 0.1) is 25.4 Å². The Hall–Kier alpha value is -4.13. The normalized spacial score (nSPS) is 17.6. The molecule has 0 spiro atoms. The SMILES string of the molecule is C=C1C(=O)CCC/C(Oc2ccccc2)=C\C=C/1Nc1ncnc2cc(OC)c(OC)cc12. The van der Waals surface area contributed by atoms with Crippen LogP contribution >= 0.6 is 0 Å². The van der Waals surface area contributed by atoms with Crippen LogP contribution in [-0.2, 0) is 4.79 Å². The number of aromatic nitrogens is 2. The first-order valence-electron chi connectivity index (χ1n) is 10.6. The average Bonchev–Trinajstić information content (AvgIpc) is 2.90. The molecule has 33 heavy (non-hydrogen) atoms. The Labute approximate surface area is 192 Å². The lowest BCUT2D eigenvalue weighted by Crippen LogP contribution is -2.11. The number of allylic oxidation sites excluding steroid dienone is 4. The number of nitrogens with one attached hydrogen (secondary N) is 1. The fourth-order valence-corrected chi connectivity index (χ4v) is 3.54. The number of benzene rings is 2. The number of ketones is 1. The third-order valence-electron chi connectivity index (χ3n) is 5.31. The van der Waals surface area contributed by atoms with Crippen molar-refractivity contribution in [3.05, 3.63) is 84.6 Å². The minimum atomic E-state index is -0.0271. The molecule has 0 radical (unpaired) electrons. The summed E-state index contributed by atoms with van der Waals surface area (Å²) in [5.74, 6) is 3.14. The van der Waals surface area contributed by atoms with Gasteiger partial charge in [-0.05, 0) is 36.8 Å². The molecule has 7 heteroatoms. The van der Waals surface area contributed by atoms with Gasteiger partial charge in [0, 0.05) is 29.9 Å². The molecule has 1 heterocycles. The fourth-order valence-electron chi connectivity index (χ4n) is 3.54. The lowest BCUT2D eigenvalue weighted by atomic mass is 10.0. The zero-order valence-corrected chi connectivity index (χ0v) is 18.6. The molecule has 0 fully saturated rings. The highest BCUT2D eigenvalue weighted by Crippen LogP contribution is 2.34. The van der Waals surface area contributed by atoms with Crippen molar-refractivity contribution in [1.82, 2.24) is 9.97 Å². The van der Waals surface area contributed by atoms with Crippen LogP contribution in [0, 0.1) is 0 Å². The van der Waals surface area contributed by atoms with Gasteiger partial charge in [-0.25, -0.2) is 9.97 Å². The molecular formula is C26H25N3O4. The van der Waals surface area contributed by atoms with E-state index in [2.05, 4.69) is 21.9 Å². The summed E-state index contributed by atoms with van der Waals surface area (Å²) in [7, 11) is 3.14. The molecule has 0 saturated carbocycles. The van der Waals surface area contributed by atoms with E-state index in [1.807, 2.05) is 36.4 Å². The van der Waals surface area contributed by atoms with Crippen molar-refractivity contribution in [3.8, 4) is 17.2 Å². The lowest BCUT2D eigenvalue weighted by molar-refractivity contribution is -0.115. The van der Waals surface area contributed by atoms with Crippen molar-refractivity contribution in [2.75, 3.05) is 19.5 Å². The Bertz CT molecular complexity index is 1250. The highest BCUT2D eigenvalue weighted by atomic mass is 16.5. The highest BCUT2D eigenvalue weighted by molar-refractivity contribution is 6.01. The highest BCUT2D eigenvalue weighted by Gasteiger charge is 2.17. The van der Waals surface area contributed by atoms with Crippen molar-refractivity contribution >= 4 is 22.5 Å². The van der Waals surface area contributed by atoms with Gasteiger partial charge in [0.2, 0.25) is 0 Å². The van der Waals surface area contributed by atoms with Gasteiger partial charge in [-0.2, -0.15) is 0 Å². The predicted molar refractivity (Wildman–Crippen MR) is 127 cm³/mol. The number of carbonyl (C=O) groups excluding carboxylic acids is 1. The van der Waals surface area contributed by atoms with Gasteiger partial charge in [0.1, 0.15) is 23.7 Å². The summed E-state index contributed by atoms with van der Waals surface area (Å²) in [6.45, 7) is 4.03. The van der Waals surface area contributed by atoms with Gasteiger partial charge in [-0.1, -0.05) is 24.8 Å². The number of carbonyl (C=O) groups is 1. The van der Waals surface area contributed by atoms with E-state index in [0.29, 0.717) is 53.4 Å². The Morgan fingerprint density at radius 1 is 0.970 bits per heavy atom. The number of methoxy groups -OCH3 is 2. The molecule has 4 rings (SSSR count). The summed E-state index contributed by atoms with van der Waals surface area (Å²) in [6, 6.07) is 13.2. The van der Waals surface area contributed by atoms with E-state index >= 15 is 0 Å². The standard InChI is InChI=1S/C26H25N3O4/c1-17-21(13-12-19(10-7-11-23(17)30)33-18-8-5-4-6-9-18)29-26-20-14-24(31-2)25(32-3)15-22(20)27-16-28-26/h4-6,8-9,12-16H,1,7,10-11H2,2-3H3,(H,27,28,29)/b19-12+,21-13+. The van der Waals surface area contributed by atoms with Crippen LogP contribution in [0.1, 0.15) is 19.3 Å². The Morgan fingerprint density at radius 2 is 1.73 bits per heavy atom. The summed E-state index contributed by atoms with van der Waals surface area (Å²) in [5.41, 5.74) is 1.61. The molecule has 2 aromatic carbocycles. The second-order valence-corrected chi connectivity index (χ2v) is 7.46. The molecule has 0 amide bonds. The molecular weight excluding hydrogens is 418 g/mol. The van der Waals surface area contributed by atoms with Crippen LogP contribution in [0.3, 0.4) is 0 Å². The third kappa shape index (κ3) is 5.03. The summed E-state index contributed by atoms with van der Waals surface area (Å²) in [5, 5.41) is 3.99. The van der Waals surface area contributed by atoms with Crippen molar-refractivity contribution in [2.24, 2.45) is 0 Å². The zero-order chi connectivity index (χ0) is 23.2. The Kier molecular flexibility index (Phi) is 6.69. The molecule has 0 aliphatic heterocycles. The first-order chi connectivity index (χ1) is 16.1. The minimum absolute atomic E-state index is 0.0271. The summed E-state index contributed by atoms with van der Waals surface area (Å²) in [4.78, 5) is 21.4. The second kappa shape index (κ2) is 9.99. The number of Topliss-reactive ketones (excluding diaryl/α,β-unsaturated/α-hetero) is 1. The van der Waals surface area contributed by atoms with Crippen molar-refractivity contribution in [3.63, 3.8) is 0 Å². The first-order valence-corrected chi connectivity index (χ1v) is 10.6. The molecule has 1 aromatic heterocycles. The molecule has 0 saturated heterocycles. The molecule has 1 aliphatic rings. The minimum Gasteiger partial charge on any atom is -0.493 e. The van der Waals surface area contributed by atoms with E-state index in [9.17, 15) is 4.79 Å². The van der Waals surface area contributed by atoms with E-state index in [0.717, 1.165) is 16.9 Å². The number of anilines is 1. The summed E-state index contributed by atoms with van der Waals surface area (Å²) < 4.78 is 16.8. The average molecular weight is 444 g/mol. The number of hydrogen-bond acceptors (Lipinski definition) is 7. The first kappa shape index (κ1) is 22.1. The van der Waals surface area contributed by atoms with Gasteiger partial charge >= 0.3 is 0 Å². The van der Waals surface area contributed by atoms with E-state index in [4.69, 9.17) is 14.2 Å². The molecule has 1 N–H and O–H groups in total. The molecule has 0 atom stereocenters. The van der Waals surface area contributed by atoms with Crippen LogP contribution < -0.4 is 19.5 Å². The quantitative estimate of drug-likeness (QED) is 0.523. The fraction of sp³-hybridized carbons (Fsp3) is 0.192. The van der Waals surface area contributed by atoms with Gasteiger partial charge in [-0.15, -0.1) is 0 Å². The van der Waals surface area contributed by atoms with Crippen molar-refractivity contribution in [2.45, 2.75) is 19.3 Å². The number of ether oxygens (including phenoxy) is 3. The molecule has 0 unspecified atom stereocenters. The van der Waals surface area contributed by atoms with E-state index < -0.39 is 0 Å². The molecule has 0 bridgehead atoms. The summed E-state index contributed by atoms with van der Waals surface area (Å²) >= 11 is 0. The number of hydrogen-bond donors (Lipinski definition) is 1. The number of rotatable bonds is 6. The smallest absolute Gasteiger partial charge is 0.164 e. The van der Waals surface area contributed by atoms with E-state index in [1.54, 1.807) is 32.4 Å². The predicted octanol–water partition coefficient (Wildman–Crippen LogP) is 5.21. The van der Waals surface area contributed by atoms with Crippen LogP contribution in [0.2, 0.25) is 0 Å². The lowest BCUT2D eigenvalue weighted by Gasteiger charge is -2.14. The second-order valence-electron chi connectivity index (χ2n) is 7.46. The van der Waals surface area contributed by atoms with Crippen molar-refractivity contribution in [1.29, 1.82) is 0 Å². The zero-order valence-electron chi connectivity index (χ0n) is 18.6. The molecule has 168 valence electrons. The van der Waals surface area contributed by atoms with E-state index in [1.165, 1.54) is 6.33 Å². The molecule has 7 nitrogen and oxygen atoms in total. The van der Waals surface area contributed by atoms with Gasteiger partial charge in [-0.3, -0.25) is 4.79 Å². The topological polar surface area (TPSA) is 82.6 Å². The third-order valence-corrected chi connectivity index (χ3v) is 5.31. The summed E-state index contributed by atoms with van der Waals surface area (Å²) in [6.07, 6.45) is 6.82. The maximum absolute atomic E-state index is 12.7. The van der Waals surface area contributed by atoms with Crippen LogP contribution in [-0.4, -0.2) is 30.0 Å². The maximum atomic E-state index is 12.7. The monoisotopic (exact) mass is 443 g/mol. The van der Waals surface area contributed by atoms with Crippen LogP contribution in [0.4, 0.5) is 5.82 Å². The maximum Gasteiger partial charge on any atom is 0.164 e. The van der Waals surface area contributed by atoms with Gasteiger partial charge in [0.15, 0.2) is 17.3 Å². The van der Waals surface area contributed by atoms with Crippen LogP contribution in [0.25, 0.3) is 10.9 Å². The van der Waals surface area contributed by atoms with E-state index in [-0.39, 0.29) is 5.78 Å². The molecule has 1 aliphatic carbocycles. The van der Waals surface area contributed by atoms with Gasteiger partial charge < -0.3 is 19.5 Å². The number of fused-ring (bicyclic) bond motifs is 1. The largest absolute Gasteiger partial charge is 0.493 e. The number of nitrogens with zero attached hydrogens (tertiary/aromatic N) is 2. The molecule has 3 aromatic rings. The van der Waals surface area contributed by atoms with Crippen LogP contribution in [0.15, 0.2) is 84.6 Å². The van der Waals surface area contributed by atoms with Crippen LogP contribution in [0.5, 0.6) is 17.2 Å². The van der Waals surface area contributed by atoms with Crippen molar-refractivity contribution < 1.29 is 19.0 Å². The number of para-hydroxylation sites is 1. The Morgan fingerprint density at radius 3 is 2.48 bits per heavy atom. The Balaban J connectivity index is 1.71. The van der Waals surface area contributed by atoms with Gasteiger partial charge in [0.25, 0.3) is 0 Å².